The second-order valence-electron chi connectivity index (χ2n) is 9.48. The molecule has 2 bridgehead atoms. The summed E-state index contributed by atoms with van der Waals surface area (Å²) in [4.78, 5) is 11.8. The Kier molecular flexibility index (Phi) is 5.04. The Balaban J connectivity index is 1.60. The van der Waals surface area contributed by atoms with Gasteiger partial charge in [0.2, 0.25) is 0 Å². The van der Waals surface area contributed by atoms with Crippen molar-refractivity contribution >= 4 is 16.1 Å². The maximum absolute atomic E-state index is 13.6. The van der Waals surface area contributed by atoms with Gasteiger partial charge < -0.3 is 19.5 Å². The molecule has 0 aliphatic heterocycles. The maximum atomic E-state index is 13.6. The standard InChI is InChI=1S/C19H28F2O7S/c20-19(21,29(25,26)27)16(22)28-13-10-11-9-12(13)15(18(24)7-3-4-8-18)14(11)17(23)5-1-2-6-17/h11-15,23-24H,1-10H2,(H,25,26,27)/p-1. The summed E-state index contributed by atoms with van der Waals surface area (Å²) in [5, 5.41) is 17.5. The first-order valence-corrected chi connectivity index (χ1v) is 11.8. The van der Waals surface area contributed by atoms with E-state index >= 15 is 0 Å². The van der Waals surface area contributed by atoms with Crippen LogP contribution in [0.4, 0.5) is 8.78 Å². The molecular weight excluding hydrogens is 410 g/mol. The number of hydrogen-bond donors (Lipinski definition) is 2. The molecule has 0 spiro atoms. The maximum Gasteiger partial charge on any atom is 0.428 e. The first-order valence-electron chi connectivity index (χ1n) is 10.4. The fourth-order valence-corrected chi connectivity index (χ4v) is 7.14. The van der Waals surface area contributed by atoms with Crippen LogP contribution in [0.2, 0.25) is 0 Å². The van der Waals surface area contributed by atoms with Gasteiger partial charge in [-0.2, -0.15) is 8.78 Å². The lowest BCUT2D eigenvalue weighted by molar-refractivity contribution is -0.182. The number of esters is 1. The highest BCUT2D eigenvalue weighted by Crippen LogP contribution is 2.64. The van der Waals surface area contributed by atoms with Gasteiger partial charge >= 0.3 is 11.2 Å². The second-order valence-corrected chi connectivity index (χ2v) is 10.9. The molecule has 5 atom stereocenters. The van der Waals surface area contributed by atoms with Gasteiger partial charge in [0, 0.05) is 5.92 Å². The predicted octanol–water partition coefficient (Wildman–Crippen LogP) is 1.92. The van der Waals surface area contributed by atoms with Gasteiger partial charge in [-0.15, -0.1) is 0 Å². The second kappa shape index (κ2) is 6.83. The van der Waals surface area contributed by atoms with Crippen LogP contribution in [0.3, 0.4) is 0 Å². The molecule has 0 heterocycles. The smallest absolute Gasteiger partial charge is 0.428 e. The van der Waals surface area contributed by atoms with E-state index in [1.807, 2.05) is 0 Å². The SMILES string of the molecule is O=C(OC1CC2CC1C(C1(O)CCCC1)C2C1(O)CCCC1)C(F)(F)S(=O)(=O)[O-]. The van der Waals surface area contributed by atoms with Gasteiger partial charge in [0.15, 0.2) is 10.1 Å². The lowest BCUT2D eigenvalue weighted by atomic mass is 9.62. The van der Waals surface area contributed by atoms with Crippen LogP contribution < -0.4 is 0 Å². The lowest BCUT2D eigenvalue weighted by Gasteiger charge is -2.48. The minimum absolute atomic E-state index is 0.104. The fourth-order valence-electron chi connectivity index (χ4n) is 6.89. The zero-order chi connectivity index (χ0) is 21.2. The summed E-state index contributed by atoms with van der Waals surface area (Å²) in [5.74, 6) is -3.49. The molecule has 7 nitrogen and oxygen atoms in total. The average molecular weight is 437 g/mol. The topological polar surface area (TPSA) is 124 Å². The summed E-state index contributed by atoms with van der Waals surface area (Å²) in [6.45, 7) is 0. The van der Waals surface area contributed by atoms with E-state index in [-0.39, 0.29) is 18.3 Å². The van der Waals surface area contributed by atoms with Crippen LogP contribution in [0.5, 0.6) is 0 Å². The number of alkyl halides is 2. The van der Waals surface area contributed by atoms with Crippen LogP contribution >= 0.6 is 0 Å². The Hall–Kier alpha value is -0.840. The molecule has 0 aromatic heterocycles. The highest BCUT2D eigenvalue weighted by Gasteiger charge is 2.66. The summed E-state index contributed by atoms with van der Waals surface area (Å²) in [6, 6.07) is 0. The van der Waals surface area contributed by atoms with Crippen molar-refractivity contribution in [2.45, 2.75) is 86.8 Å². The molecular formula is C19H27F2O7S-. The molecule has 166 valence electrons. The Labute approximate surface area is 168 Å². The monoisotopic (exact) mass is 437 g/mol. The molecule has 0 aromatic rings. The number of rotatable bonds is 5. The highest BCUT2D eigenvalue weighted by molar-refractivity contribution is 7.87. The van der Waals surface area contributed by atoms with Crippen LogP contribution in [0.1, 0.15) is 64.2 Å². The molecule has 29 heavy (non-hydrogen) atoms. The van der Waals surface area contributed by atoms with Gasteiger partial charge in [-0.25, -0.2) is 13.2 Å². The predicted molar refractivity (Wildman–Crippen MR) is 94.6 cm³/mol. The van der Waals surface area contributed by atoms with Crippen molar-refractivity contribution in [3.05, 3.63) is 0 Å². The molecule has 4 aliphatic rings. The van der Waals surface area contributed by atoms with E-state index in [0.29, 0.717) is 32.1 Å². The number of carbonyl (C=O) groups excluding carboxylic acids is 1. The van der Waals surface area contributed by atoms with Gasteiger partial charge in [0.25, 0.3) is 0 Å². The fraction of sp³-hybridized carbons (Fsp3) is 0.947. The third-order valence-electron chi connectivity index (χ3n) is 7.93. The number of halogens is 2. The molecule has 4 rings (SSSR count). The number of hydrogen-bond acceptors (Lipinski definition) is 7. The van der Waals surface area contributed by atoms with Crippen LogP contribution in [0.15, 0.2) is 0 Å². The summed E-state index contributed by atoms with van der Waals surface area (Å²) in [6.07, 6.45) is 5.53. The molecule has 2 N–H and O–H groups in total. The molecule has 0 radical (unpaired) electrons. The molecule has 0 aromatic carbocycles. The Morgan fingerprint density at radius 2 is 1.45 bits per heavy atom. The van der Waals surface area contributed by atoms with Crippen molar-refractivity contribution < 1.29 is 41.5 Å². The molecule has 5 unspecified atom stereocenters. The van der Waals surface area contributed by atoms with E-state index in [4.69, 9.17) is 4.74 Å². The van der Waals surface area contributed by atoms with E-state index in [0.717, 1.165) is 25.7 Å². The minimum Gasteiger partial charge on any atom is -0.743 e. The van der Waals surface area contributed by atoms with E-state index < -0.39 is 50.5 Å². The van der Waals surface area contributed by atoms with E-state index in [9.17, 15) is 36.8 Å². The zero-order valence-corrected chi connectivity index (χ0v) is 16.9. The van der Waals surface area contributed by atoms with Gasteiger partial charge in [-0.1, -0.05) is 25.7 Å². The van der Waals surface area contributed by atoms with Crippen molar-refractivity contribution in [2.24, 2.45) is 23.7 Å². The van der Waals surface area contributed by atoms with Crippen molar-refractivity contribution in [3.63, 3.8) is 0 Å². The van der Waals surface area contributed by atoms with Crippen molar-refractivity contribution in [3.8, 4) is 0 Å². The van der Waals surface area contributed by atoms with Crippen LogP contribution in [0.25, 0.3) is 0 Å². The summed E-state index contributed by atoms with van der Waals surface area (Å²) < 4.78 is 64.3. The van der Waals surface area contributed by atoms with Crippen molar-refractivity contribution in [1.29, 1.82) is 0 Å². The average Bonchev–Trinajstić information content (AvgIpc) is 3.37. The molecule has 4 saturated carbocycles. The van der Waals surface area contributed by atoms with E-state index in [1.165, 1.54) is 0 Å². The van der Waals surface area contributed by atoms with E-state index in [2.05, 4.69) is 0 Å². The van der Waals surface area contributed by atoms with Crippen LogP contribution in [-0.2, 0) is 19.6 Å². The number of ether oxygens (including phenoxy) is 1. The quantitative estimate of drug-likeness (QED) is 0.497. The Morgan fingerprint density at radius 1 is 0.966 bits per heavy atom. The molecule has 4 fully saturated rings. The van der Waals surface area contributed by atoms with Gasteiger partial charge in [0.1, 0.15) is 6.10 Å². The largest absolute Gasteiger partial charge is 0.743 e. The molecule has 0 saturated heterocycles. The Bertz CT molecular complexity index is 771. The number of carbonyl (C=O) groups is 1. The highest BCUT2D eigenvalue weighted by atomic mass is 32.2. The molecule has 0 amide bonds. The normalized spacial score (nSPS) is 38.4. The zero-order valence-electron chi connectivity index (χ0n) is 16.1. The van der Waals surface area contributed by atoms with Gasteiger partial charge in [0.05, 0.1) is 11.2 Å². The summed E-state index contributed by atoms with van der Waals surface area (Å²) in [5.41, 5.74) is -1.97. The van der Waals surface area contributed by atoms with E-state index in [1.54, 1.807) is 0 Å². The van der Waals surface area contributed by atoms with Crippen LogP contribution in [0, 0.1) is 23.7 Å². The van der Waals surface area contributed by atoms with Crippen molar-refractivity contribution in [2.75, 3.05) is 0 Å². The third kappa shape index (κ3) is 3.30. The minimum atomic E-state index is -6.18. The van der Waals surface area contributed by atoms with Crippen molar-refractivity contribution in [1.82, 2.24) is 0 Å². The first kappa shape index (κ1) is 21.4. The molecule has 4 aliphatic carbocycles. The first-order chi connectivity index (χ1) is 13.4. The van der Waals surface area contributed by atoms with Gasteiger partial charge in [-0.05, 0) is 56.3 Å². The summed E-state index contributed by atoms with van der Waals surface area (Å²) >= 11 is 0. The Morgan fingerprint density at radius 3 is 1.93 bits per heavy atom. The third-order valence-corrected chi connectivity index (χ3v) is 8.73. The lowest BCUT2D eigenvalue weighted by Crippen LogP contribution is -2.54. The number of fused-ring (bicyclic) bond motifs is 2. The van der Waals surface area contributed by atoms with Gasteiger partial charge in [-0.3, -0.25) is 0 Å². The number of aliphatic hydroxyl groups is 2. The van der Waals surface area contributed by atoms with Crippen LogP contribution in [-0.4, -0.2) is 51.7 Å². The molecule has 10 heteroatoms. The summed E-state index contributed by atoms with van der Waals surface area (Å²) in [7, 11) is -6.18.